The standard InChI is InChI=1S/C15H21N5O/c1-11-7-12(2)20(18-11)6-5-15(21)17-9-14-8-16-10-19(14)13-3-4-13/h7-8,10,13H,3-6,9H2,1-2H3,(H,17,21). The van der Waals surface area contributed by atoms with Crippen LogP contribution in [0.25, 0.3) is 0 Å². The molecule has 0 spiro atoms. The van der Waals surface area contributed by atoms with Crippen LogP contribution in [0.4, 0.5) is 0 Å². The van der Waals surface area contributed by atoms with E-state index in [1.165, 1.54) is 12.8 Å². The van der Waals surface area contributed by atoms with Crippen molar-refractivity contribution in [3.8, 4) is 0 Å². The maximum absolute atomic E-state index is 11.9. The van der Waals surface area contributed by atoms with E-state index in [-0.39, 0.29) is 5.91 Å². The van der Waals surface area contributed by atoms with Gasteiger partial charge in [-0.1, -0.05) is 0 Å². The Balaban J connectivity index is 1.48. The number of aromatic nitrogens is 4. The zero-order chi connectivity index (χ0) is 14.8. The van der Waals surface area contributed by atoms with Crippen LogP contribution in [-0.4, -0.2) is 25.2 Å². The molecule has 1 N–H and O–H groups in total. The SMILES string of the molecule is Cc1cc(C)n(CCC(=O)NCc2cncn2C2CC2)n1. The molecule has 6 nitrogen and oxygen atoms in total. The number of nitrogens with zero attached hydrogens (tertiary/aromatic N) is 4. The first-order chi connectivity index (χ1) is 10.1. The average molecular weight is 287 g/mol. The molecule has 1 saturated carbocycles. The Bertz CT molecular complexity index is 638. The van der Waals surface area contributed by atoms with E-state index in [2.05, 4.69) is 20.0 Å². The van der Waals surface area contributed by atoms with Crippen LogP contribution < -0.4 is 5.32 Å². The van der Waals surface area contributed by atoms with E-state index in [4.69, 9.17) is 0 Å². The minimum atomic E-state index is 0.0473. The predicted octanol–water partition coefficient (Wildman–Crippen LogP) is 1.74. The molecule has 1 amide bonds. The van der Waals surface area contributed by atoms with Crippen LogP contribution in [0.15, 0.2) is 18.6 Å². The van der Waals surface area contributed by atoms with Crippen molar-refractivity contribution in [2.24, 2.45) is 0 Å². The average Bonchev–Trinajstić information content (AvgIpc) is 3.10. The van der Waals surface area contributed by atoms with E-state index < -0.39 is 0 Å². The molecule has 0 radical (unpaired) electrons. The van der Waals surface area contributed by atoms with Crippen LogP contribution in [0.5, 0.6) is 0 Å². The van der Waals surface area contributed by atoms with Crippen LogP contribution >= 0.6 is 0 Å². The van der Waals surface area contributed by atoms with E-state index >= 15 is 0 Å². The fourth-order valence-corrected chi connectivity index (χ4v) is 2.54. The monoisotopic (exact) mass is 287 g/mol. The summed E-state index contributed by atoms with van der Waals surface area (Å²) in [6.07, 6.45) is 6.57. The summed E-state index contributed by atoms with van der Waals surface area (Å²) in [6.45, 7) is 5.13. The van der Waals surface area contributed by atoms with E-state index in [0.717, 1.165) is 17.1 Å². The maximum atomic E-state index is 11.9. The smallest absolute Gasteiger partial charge is 0.222 e. The first-order valence-corrected chi connectivity index (χ1v) is 7.42. The molecule has 21 heavy (non-hydrogen) atoms. The van der Waals surface area contributed by atoms with Crippen LogP contribution in [0.2, 0.25) is 0 Å². The Labute approximate surface area is 124 Å². The fraction of sp³-hybridized carbons (Fsp3) is 0.533. The third-order valence-electron chi connectivity index (χ3n) is 3.81. The molecule has 0 bridgehead atoms. The van der Waals surface area contributed by atoms with Crippen molar-refractivity contribution in [3.63, 3.8) is 0 Å². The Morgan fingerprint density at radius 2 is 2.24 bits per heavy atom. The molecule has 2 heterocycles. The van der Waals surface area contributed by atoms with Gasteiger partial charge in [0.15, 0.2) is 0 Å². The summed E-state index contributed by atoms with van der Waals surface area (Å²) < 4.78 is 4.05. The number of aryl methyl sites for hydroxylation is 3. The molecule has 2 aromatic rings. The number of carbonyl (C=O) groups excluding carboxylic acids is 1. The molecular weight excluding hydrogens is 266 g/mol. The van der Waals surface area contributed by atoms with Gasteiger partial charge < -0.3 is 9.88 Å². The van der Waals surface area contributed by atoms with Gasteiger partial charge in [-0.05, 0) is 32.8 Å². The molecule has 0 unspecified atom stereocenters. The molecule has 3 rings (SSSR count). The highest BCUT2D eigenvalue weighted by Crippen LogP contribution is 2.35. The molecule has 0 aliphatic heterocycles. The Kier molecular flexibility index (Phi) is 3.77. The van der Waals surface area contributed by atoms with Crippen molar-refractivity contribution < 1.29 is 4.79 Å². The van der Waals surface area contributed by atoms with E-state index in [9.17, 15) is 4.79 Å². The van der Waals surface area contributed by atoms with Crippen LogP contribution in [0, 0.1) is 13.8 Å². The highest BCUT2D eigenvalue weighted by Gasteiger charge is 2.25. The van der Waals surface area contributed by atoms with Gasteiger partial charge in [-0.3, -0.25) is 9.48 Å². The summed E-state index contributed by atoms with van der Waals surface area (Å²) in [5.74, 6) is 0.0473. The number of hydrogen-bond donors (Lipinski definition) is 1. The first kappa shape index (κ1) is 13.9. The summed E-state index contributed by atoms with van der Waals surface area (Å²) >= 11 is 0. The van der Waals surface area contributed by atoms with Crippen molar-refractivity contribution in [1.82, 2.24) is 24.6 Å². The lowest BCUT2D eigenvalue weighted by molar-refractivity contribution is -0.121. The van der Waals surface area contributed by atoms with Crippen LogP contribution in [-0.2, 0) is 17.9 Å². The number of amides is 1. The molecule has 0 saturated heterocycles. The van der Waals surface area contributed by atoms with Gasteiger partial charge >= 0.3 is 0 Å². The van der Waals surface area contributed by atoms with Gasteiger partial charge in [-0.25, -0.2) is 4.98 Å². The molecule has 112 valence electrons. The second kappa shape index (κ2) is 5.71. The normalized spacial score (nSPS) is 14.4. The number of imidazole rings is 1. The minimum absolute atomic E-state index is 0.0473. The predicted molar refractivity (Wildman–Crippen MR) is 78.7 cm³/mol. The van der Waals surface area contributed by atoms with Crippen LogP contribution in [0.3, 0.4) is 0 Å². The van der Waals surface area contributed by atoms with Crippen molar-refractivity contribution >= 4 is 5.91 Å². The van der Waals surface area contributed by atoms with Gasteiger partial charge in [-0.2, -0.15) is 5.10 Å². The second-order valence-electron chi connectivity index (χ2n) is 5.70. The number of carbonyl (C=O) groups is 1. The molecule has 1 aliphatic carbocycles. The second-order valence-corrected chi connectivity index (χ2v) is 5.70. The molecule has 1 aliphatic rings. The first-order valence-electron chi connectivity index (χ1n) is 7.42. The molecule has 0 atom stereocenters. The molecule has 1 fully saturated rings. The van der Waals surface area contributed by atoms with Gasteiger partial charge in [0.2, 0.25) is 5.91 Å². The summed E-state index contributed by atoms with van der Waals surface area (Å²) in [7, 11) is 0. The number of nitrogens with one attached hydrogen (secondary N) is 1. The maximum Gasteiger partial charge on any atom is 0.222 e. The van der Waals surface area contributed by atoms with Crippen LogP contribution in [0.1, 0.15) is 42.4 Å². The quantitative estimate of drug-likeness (QED) is 0.880. The number of hydrogen-bond acceptors (Lipinski definition) is 3. The van der Waals surface area contributed by atoms with E-state index in [0.29, 0.717) is 25.6 Å². The van der Waals surface area contributed by atoms with Crippen molar-refractivity contribution in [2.75, 3.05) is 0 Å². The third kappa shape index (κ3) is 3.32. The number of rotatable bonds is 6. The lowest BCUT2D eigenvalue weighted by atomic mass is 10.3. The Hall–Kier alpha value is -2.11. The highest BCUT2D eigenvalue weighted by atomic mass is 16.1. The van der Waals surface area contributed by atoms with Crippen molar-refractivity contribution in [3.05, 3.63) is 35.7 Å². The zero-order valence-electron chi connectivity index (χ0n) is 12.5. The van der Waals surface area contributed by atoms with E-state index in [1.54, 1.807) is 0 Å². The minimum Gasteiger partial charge on any atom is -0.350 e. The van der Waals surface area contributed by atoms with Gasteiger partial charge in [0.1, 0.15) is 0 Å². The summed E-state index contributed by atoms with van der Waals surface area (Å²) in [5.41, 5.74) is 3.16. The molecule has 2 aromatic heterocycles. The van der Waals surface area contributed by atoms with E-state index in [1.807, 2.05) is 37.1 Å². The lowest BCUT2D eigenvalue weighted by Gasteiger charge is -2.09. The zero-order valence-corrected chi connectivity index (χ0v) is 12.5. The third-order valence-corrected chi connectivity index (χ3v) is 3.81. The highest BCUT2D eigenvalue weighted by molar-refractivity contribution is 5.75. The van der Waals surface area contributed by atoms with Crippen molar-refractivity contribution in [2.45, 2.75) is 52.2 Å². The lowest BCUT2D eigenvalue weighted by Crippen LogP contribution is -2.25. The molecule has 0 aromatic carbocycles. The summed E-state index contributed by atoms with van der Waals surface area (Å²) in [6, 6.07) is 2.61. The topological polar surface area (TPSA) is 64.7 Å². The van der Waals surface area contributed by atoms with Gasteiger partial charge in [0, 0.05) is 30.9 Å². The molecular formula is C15H21N5O. The van der Waals surface area contributed by atoms with Crippen molar-refractivity contribution in [1.29, 1.82) is 0 Å². The molecule has 6 heteroatoms. The van der Waals surface area contributed by atoms with Gasteiger partial charge in [0.05, 0.1) is 24.3 Å². The summed E-state index contributed by atoms with van der Waals surface area (Å²) in [5, 5.41) is 7.32. The van der Waals surface area contributed by atoms with Gasteiger partial charge in [-0.15, -0.1) is 0 Å². The largest absolute Gasteiger partial charge is 0.350 e. The van der Waals surface area contributed by atoms with Gasteiger partial charge in [0.25, 0.3) is 0 Å². The summed E-state index contributed by atoms with van der Waals surface area (Å²) in [4.78, 5) is 16.1. The Morgan fingerprint density at radius 3 is 2.90 bits per heavy atom. The Morgan fingerprint density at radius 1 is 1.43 bits per heavy atom. The fourth-order valence-electron chi connectivity index (χ4n) is 2.54.